The van der Waals surface area contributed by atoms with Crippen LogP contribution in [0.15, 0.2) is 43.4 Å². The summed E-state index contributed by atoms with van der Waals surface area (Å²) in [4.78, 5) is 6.12. The first-order valence-electron chi connectivity index (χ1n) is 6.96. The smallest absolute Gasteiger partial charge is 0.406 e. The van der Waals surface area contributed by atoms with Crippen molar-refractivity contribution in [2.45, 2.75) is 19.8 Å². The van der Waals surface area contributed by atoms with E-state index in [9.17, 15) is 13.2 Å². The normalized spacial score (nSPS) is 14.1. The number of hydrogen-bond donors (Lipinski definition) is 0. The fourth-order valence-electron chi connectivity index (χ4n) is 2.44. The number of aryl methyl sites for hydroxylation is 1. The molecule has 1 aromatic heterocycles. The molecule has 120 valence electrons. The molecular weight excluding hydrogens is 307 g/mol. The molecule has 0 radical (unpaired) electrons. The Morgan fingerprint density at radius 1 is 1.22 bits per heavy atom. The average molecular weight is 321 g/mol. The van der Waals surface area contributed by atoms with E-state index in [2.05, 4.69) is 16.3 Å². The molecule has 0 unspecified atom stereocenters. The minimum atomic E-state index is -4.70. The predicted molar refractivity (Wildman–Crippen MR) is 81.6 cm³/mol. The van der Waals surface area contributed by atoms with Crippen LogP contribution in [0.3, 0.4) is 0 Å². The molecular formula is C16H14F3N3O. The third-order valence-electron chi connectivity index (χ3n) is 3.51. The lowest BCUT2D eigenvalue weighted by atomic mass is 10.1. The van der Waals surface area contributed by atoms with E-state index in [0.717, 1.165) is 17.9 Å². The van der Waals surface area contributed by atoms with Gasteiger partial charge in [0.2, 0.25) is 0 Å². The number of rotatable bonds is 3. The Kier molecular flexibility index (Phi) is 3.63. The minimum Gasteiger partial charge on any atom is -0.406 e. The Morgan fingerprint density at radius 3 is 2.52 bits per heavy atom. The van der Waals surface area contributed by atoms with E-state index in [1.54, 1.807) is 23.4 Å². The van der Waals surface area contributed by atoms with Crippen LogP contribution in [0.25, 0.3) is 11.8 Å². The van der Waals surface area contributed by atoms with Crippen LogP contribution in [0.1, 0.15) is 18.3 Å². The summed E-state index contributed by atoms with van der Waals surface area (Å²) in [6.45, 7) is 6.84. The summed E-state index contributed by atoms with van der Waals surface area (Å²) in [6.07, 6.45) is 0.765. The second-order valence-electron chi connectivity index (χ2n) is 4.94. The molecule has 4 nitrogen and oxygen atoms in total. The monoisotopic (exact) mass is 321 g/mol. The third kappa shape index (κ3) is 2.94. The van der Waals surface area contributed by atoms with Crippen molar-refractivity contribution in [1.29, 1.82) is 0 Å². The lowest BCUT2D eigenvalue weighted by molar-refractivity contribution is -0.274. The van der Waals surface area contributed by atoms with Gasteiger partial charge in [-0.05, 0) is 37.3 Å². The molecule has 2 aromatic rings. The van der Waals surface area contributed by atoms with Gasteiger partial charge in [0.05, 0.1) is 17.7 Å². The molecule has 0 bridgehead atoms. The van der Waals surface area contributed by atoms with Gasteiger partial charge in [0.15, 0.2) is 0 Å². The van der Waals surface area contributed by atoms with Crippen LogP contribution in [0.5, 0.6) is 5.75 Å². The summed E-state index contributed by atoms with van der Waals surface area (Å²) in [5, 5.41) is 0. The Morgan fingerprint density at radius 2 is 1.91 bits per heavy atom. The van der Waals surface area contributed by atoms with E-state index in [4.69, 9.17) is 0 Å². The zero-order chi connectivity index (χ0) is 16.6. The fraction of sp³-hybridized carbons (Fsp3) is 0.188. The highest BCUT2D eigenvalue weighted by Crippen LogP contribution is 2.33. The van der Waals surface area contributed by atoms with E-state index < -0.39 is 6.36 Å². The number of ether oxygens (including phenoxy) is 1. The Hall–Kier alpha value is -2.70. The number of benzene rings is 1. The number of nitrogens with zero attached hydrogens (tertiary/aromatic N) is 3. The maximum absolute atomic E-state index is 12.2. The van der Waals surface area contributed by atoms with Gasteiger partial charge in [0.25, 0.3) is 0 Å². The number of hydrogen-bond acceptors (Lipinski definition) is 3. The Labute approximate surface area is 131 Å². The molecule has 0 spiro atoms. The van der Waals surface area contributed by atoms with Gasteiger partial charge in [0.1, 0.15) is 11.4 Å². The molecule has 0 fully saturated rings. The number of alkyl halides is 3. The molecule has 0 aliphatic carbocycles. The minimum absolute atomic E-state index is 0.260. The molecule has 0 saturated heterocycles. The molecule has 0 N–H and O–H groups in total. The van der Waals surface area contributed by atoms with Crippen molar-refractivity contribution in [1.82, 2.24) is 9.55 Å². The Balaban J connectivity index is 1.85. The van der Waals surface area contributed by atoms with Crippen LogP contribution in [0.2, 0.25) is 0 Å². The highest BCUT2D eigenvalue weighted by atomic mass is 19.4. The Bertz CT molecular complexity index is 760. The number of anilines is 1. The van der Waals surface area contributed by atoms with Gasteiger partial charge in [-0.15, -0.1) is 13.2 Å². The van der Waals surface area contributed by atoms with Crippen LogP contribution in [-0.4, -0.2) is 15.9 Å². The maximum atomic E-state index is 12.2. The van der Waals surface area contributed by atoms with Gasteiger partial charge in [-0.3, -0.25) is 0 Å². The zero-order valence-electron chi connectivity index (χ0n) is 12.3. The summed E-state index contributed by atoms with van der Waals surface area (Å²) in [5.74, 6) is -0.260. The molecule has 0 saturated carbocycles. The topological polar surface area (TPSA) is 30.3 Å². The van der Waals surface area contributed by atoms with Crippen LogP contribution in [-0.2, 0) is 6.54 Å². The van der Waals surface area contributed by atoms with E-state index in [-0.39, 0.29) is 5.75 Å². The van der Waals surface area contributed by atoms with E-state index in [1.807, 2.05) is 23.8 Å². The summed E-state index contributed by atoms with van der Waals surface area (Å²) >= 11 is 0. The lowest BCUT2D eigenvalue weighted by Crippen LogP contribution is -2.19. The zero-order valence-corrected chi connectivity index (χ0v) is 12.3. The molecule has 0 amide bonds. The van der Waals surface area contributed by atoms with Gasteiger partial charge < -0.3 is 14.2 Å². The van der Waals surface area contributed by atoms with E-state index in [1.165, 1.54) is 12.1 Å². The SMILES string of the molecule is C=C1c2ncn(CC)c2C=CN1c1ccc(OC(F)(F)F)cc1. The molecule has 1 aliphatic heterocycles. The second-order valence-corrected chi connectivity index (χ2v) is 4.94. The number of imidazole rings is 1. The standard InChI is InChI=1S/C16H14F3N3O/c1-3-21-10-20-15-11(2)22(9-8-14(15)21)12-4-6-13(7-5-12)23-16(17,18)19/h4-10H,2-3H2,1H3. The van der Waals surface area contributed by atoms with Crippen LogP contribution < -0.4 is 9.64 Å². The third-order valence-corrected chi connectivity index (χ3v) is 3.51. The maximum Gasteiger partial charge on any atom is 0.573 e. The van der Waals surface area contributed by atoms with Crippen molar-refractivity contribution in [3.63, 3.8) is 0 Å². The number of halogens is 3. The van der Waals surface area contributed by atoms with Gasteiger partial charge in [-0.1, -0.05) is 6.58 Å². The van der Waals surface area contributed by atoms with Gasteiger partial charge in [-0.25, -0.2) is 4.98 Å². The lowest BCUT2D eigenvalue weighted by Gasteiger charge is -2.26. The average Bonchev–Trinajstić information content (AvgIpc) is 2.91. The predicted octanol–water partition coefficient (Wildman–Crippen LogP) is 4.26. The summed E-state index contributed by atoms with van der Waals surface area (Å²) in [7, 11) is 0. The first kappa shape index (κ1) is 15.2. The first-order chi connectivity index (χ1) is 10.9. The van der Waals surface area contributed by atoms with Crippen molar-refractivity contribution < 1.29 is 17.9 Å². The van der Waals surface area contributed by atoms with Crippen molar-refractivity contribution in [3.05, 3.63) is 54.8 Å². The van der Waals surface area contributed by atoms with E-state index >= 15 is 0 Å². The van der Waals surface area contributed by atoms with Crippen LogP contribution in [0.4, 0.5) is 18.9 Å². The van der Waals surface area contributed by atoms with Crippen molar-refractivity contribution >= 4 is 17.5 Å². The fourth-order valence-corrected chi connectivity index (χ4v) is 2.44. The number of aromatic nitrogens is 2. The van der Waals surface area contributed by atoms with E-state index in [0.29, 0.717) is 11.4 Å². The first-order valence-corrected chi connectivity index (χ1v) is 6.96. The molecule has 2 heterocycles. The van der Waals surface area contributed by atoms with Crippen molar-refractivity contribution in [3.8, 4) is 5.75 Å². The summed E-state index contributed by atoms with van der Waals surface area (Å²) in [6, 6.07) is 5.62. The summed E-state index contributed by atoms with van der Waals surface area (Å²) < 4.78 is 42.4. The van der Waals surface area contributed by atoms with Crippen LogP contribution in [0, 0.1) is 0 Å². The van der Waals surface area contributed by atoms with Gasteiger partial charge in [0, 0.05) is 18.4 Å². The molecule has 0 atom stereocenters. The summed E-state index contributed by atoms with van der Waals surface area (Å²) in [5.41, 5.74) is 3.06. The molecule has 3 rings (SSSR count). The molecule has 1 aliphatic rings. The second kappa shape index (κ2) is 5.49. The van der Waals surface area contributed by atoms with Gasteiger partial charge in [-0.2, -0.15) is 0 Å². The van der Waals surface area contributed by atoms with Crippen molar-refractivity contribution in [2.75, 3.05) is 4.90 Å². The van der Waals surface area contributed by atoms with Gasteiger partial charge >= 0.3 is 6.36 Å². The quantitative estimate of drug-likeness (QED) is 0.846. The largest absolute Gasteiger partial charge is 0.573 e. The molecule has 23 heavy (non-hydrogen) atoms. The highest BCUT2D eigenvalue weighted by molar-refractivity contribution is 5.86. The molecule has 7 heteroatoms. The van der Waals surface area contributed by atoms with Crippen molar-refractivity contribution in [2.24, 2.45) is 0 Å². The van der Waals surface area contributed by atoms with Crippen LogP contribution >= 0.6 is 0 Å². The highest BCUT2D eigenvalue weighted by Gasteiger charge is 2.31. The number of fused-ring (bicyclic) bond motifs is 1. The molecule has 1 aromatic carbocycles.